The first-order valence-corrected chi connectivity index (χ1v) is 6.32. The van der Waals surface area contributed by atoms with Crippen molar-refractivity contribution in [3.8, 4) is 11.4 Å². The molecule has 0 aliphatic carbocycles. The minimum absolute atomic E-state index is 0.0230. The molecule has 0 spiro atoms. The summed E-state index contributed by atoms with van der Waals surface area (Å²) in [4.78, 5) is 36.1. The number of likely N-dealkylation sites (N-methyl/N-ethyl adjacent to an activating group) is 1. The summed E-state index contributed by atoms with van der Waals surface area (Å²) in [6.07, 6.45) is 0. The van der Waals surface area contributed by atoms with Crippen LogP contribution in [0.5, 0.6) is 5.75 Å². The lowest BCUT2D eigenvalue weighted by molar-refractivity contribution is -0.120. The minimum Gasteiger partial charge on any atom is -0.481 e. The van der Waals surface area contributed by atoms with Crippen molar-refractivity contribution in [2.45, 2.75) is 0 Å². The summed E-state index contributed by atoms with van der Waals surface area (Å²) < 4.78 is 11.1. The van der Waals surface area contributed by atoms with Crippen LogP contribution in [0.2, 0.25) is 0 Å². The second kappa shape index (κ2) is 4.13. The number of carbonyl (C=O) groups excluding carboxylic acids is 3. The van der Waals surface area contributed by atoms with Crippen molar-refractivity contribution in [3.05, 3.63) is 29.6 Å². The lowest BCUT2D eigenvalue weighted by Gasteiger charge is -2.26. The smallest absolute Gasteiger partial charge is 0.369 e. The van der Waals surface area contributed by atoms with E-state index in [0.717, 1.165) is 0 Å². The summed E-state index contributed by atoms with van der Waals surface area (Å²) in [5, 5.41) is 7.46. The van der Waals surface area contributed by atoms with Gasteiger partial charge in [-0.3, -0.25) is 4.79 Å². The molecule has 0 atom stereocenters. The molecule has 0 N–H and O–H groups in total. The summed E-state index contributed by atoms with van der Waals surface area (Å²) in [5.74, 6) is -1.29. The minimum atomic E-state index is -0.814. The highest BCUT2D eigenvalue weighted by Crippen LogP contribution is 2.33. The second-order valence-electron chi connectivity index (χ2n) is 4.77. The largest absolute Gasteiger partial charge is 0.481 e. The van der Waals surface area contributed by atoms with Crippen molar-refractivity contribution in [3.63, 3.8) is 0 Å². The number of rotatable bonds is 1. The third-order valence-electron chi connectivity index (χ3n) is 3.52. The van der Waals surface area contributed by atoms with Crippen LogP contribution in [0.25, 0.3) is 5.69 Å². The van der Waals surface area contributed by atoms with Gasteiger partial charge >= 0.3 is 11.9 Å². The highest BCUT2D eigenvalue weighted by atomic mass is 16.6. The van der Waals surface area contributed by atoms with Gasteiger partial charge in [0.25, 0.3) is 5.91 Å². The summed E-state index contributed by atoms with van der Waals surface area (Å²) >= 11 is 0. The van der Waals surface area contributed by atoms with Gasteiger partial charge in [0.2, 0.25) is 5.69 Å². The van der Waals surface area contributed by atoms with Crippen LogP contribution in [0.15, 0.2) is 18.2 Å². The molecule has 2 aliphatic rings. The fourth-order valence-electron chi connectivity index (χ4n) is 2.36. The zero-order valence-electron chi connectivity index (χ0n) is 11.3. The quantitative estimate of drug-likeness (QED) is 0.536. The van der Waals surface area contributed by atoms with Crippen molar-refractivity contribution in [2.75, 3.05) is 18.6 Å². The maximum absolute atomic E-state index is 11.7. The van der Waals surface area contributed by atoms with E-state index < -0.39 is 11.9 Å². The first kappa shape index (κ1) is 12.5. The molecule has 110 valence electrons. The molecule has 9 nitrogen and oxygen atoms in total. The van der Waals surface area contributed by atoms with Crippen LogP contribution in [0, 0.1) is 0 Å². The zero-order valence-corrected chi connectivity index (χ0v) is 11.3. The van der Waals surface area contributed by atoms with E-state index in [0.29, 0.717) is 17.1 Å². The molecule has 9 heteroatoms. The predicted octanol–water partition coefficient (Wildman–Crippen LogP) is -0.0669. The summed E-state index contributed by atoms with van der Waals surface area (Å²) in [6.45, 7) is -0.0665. The van der Waals surface area contributed by atoms with E-state index in [1.165, 1.54) is 9.58 Å². The van der Waals surface area contributed by atoms with Crippen molar-refractivity contribution < 1.29 is 23.9 Å². The highest BCUT2D eigenvalue weighted by Gasteiger charge is 2.37. The van der Waals surface area contributed by atoms with Crippen LogP contribution in [0.1, 0.15) is 21.0 Å². The van der Waals surface area contributed by atoms with E-state index in [-0.39, 0.29) is 23.9 Å². The average Bonchev–Trinajstić information content (AvgIpc) is 3.06. The first-order chi connectivity index (χ1) is 10.6. The molecule has 0 bridgehead atoms. The number of hydrogen-bond acceptors (Lipinski definition) is 7. The Balaban J connectivity index is 1.83. The second-order valence-corrected chi connectivity index (χ2v) is 4.77. The monoisotopic (exact) mass is 300 g/mol. The van der Waals surface area contributed by atoms with Crippen molar-refractivity contribution >= 4 is 23.5 Å². The summed E-state index contributed by atoms with van der Waals surface area (Å²) in [5.41, 5.74) is 0.943. The van der Waals surface area contributed by atoms with Gasteiger partial charge in [0.05, 0.1) is 11.4 Å². The third-order valence-corrected chi connectivity index (χ3v) is 3.52. The standard InChI is InChI=1S/C13H8N4O5/c1-16-7-3-2-6(4-8(7)21-5-9(16)18)17-11-10(14-15-17)12(19)22-13(11)20/h2-4H,5H2,1H3. The van der Waals surface area contributed by atoms with Crippen molar-refractivity contribution in [1.82, 2.24) is 15.0 Å². The van der Waals surface area contributed by atoms with Gasteiger partial charge in [-0.15, -0.1) is 5.10 Å². The topological polar surface area (TPSA) is 104 Å². The lowest BCUT2D eigenvalue weighted by Crippen LogP contribution is -2.35. The molecule has 1 amide bonds. The van der Waals surface area contributed by atoms with E-state index in [1.807, 2.05) is 0 Å². The number of anilines is 1. The number of amides is 1. The Bertz CT molecular complexity index is 856. The number of nitrogens with zero attached hydrogens (tertiary/aromatic N) is 4. The number of aromatic nitrogens is 3. The first-order valence-electron chi connectivity index (χ1n) is 6.32. The number of cyclic esters (lactones) is 2. The lowest BCUT2D eigenvalue weighted by atomic mass is 10.2. The molecule has 2 aromatic rings. The molecule has 4 rings (SSSR count). The molecule has 1 aromatic heterocycles. The van der Waals surface area contributed by atoms with E-state index in [4.69, 9.17) is 4.74 Å². The number of ether oxygens (including phenoxy) is 2. The molecule has 3 heterocycles. The van der Waals surface area contributed by atoms with Gasteiger partial charge in [-0.1, -0.05) is 5.21 Å². The molecule has 0 fully saturated rings. The highest BCUT2D eigenvalue weighted by molar-refractivity contribution is 6.12. The normalized spacial score (nSPS) is 16.2. The Morgan fingerprint density at radius 1 is 1.18 bits per heavy atom. The molecule has 22 heavy (non-hydrogen) atoms. The third kappa shape index (κ3) is 1.56. The molecule has 0 unspecified atom stereocenters. The van der Waals surface area contributed by atoms with Crippen molar-refractivity contribution in [1.29, 1.82) is 0 Å². The summed E-state index contributed by atoms with van der Waals surface area (Å²) in [6, 6.07) is 4.92. The van der Waals surface area contributed by atoms with Crippen LogP contribution in [0.3, 0.4) is 0 Å². The van der Waals surface area contributed by atoms with E-state index >= 15 is 0 Å². The number of esters is 2. The molecule has 2 aliphatic heterocycles. The number of fused-ring (bicyclic) bond motifs is 2. The predicted molar refractivity (Wildman–Crippen MR) is 70.0 cm³/mol. The van der Waals surface area contributed by atoms with Gasteiger partial charge in [-0.2, -0.15) is 0 Å². The fourth-order valence-corrected chi connectivity index (χ4v) is 2.36. The van der Waals surface area contributed by atoms with E-state index in [1.54, 1.807) is 25.2 Å². The Kier molecular flexibility index (Phi) is 2.35. The molecule has 0 saturated carbocycles. The van der Waals surface area contributed by atoms with Crippen LogP contribution in [-0.2, 0) is 9.53 Å². The Hall–Kier alpha value is -3.23. The van der Waals surface area contributed by atoms with Crippen LogP contribution in [-0.4, -0.2) is 46.5 Å². The Labute approximate surface area is 123 Å². The molecule has 1 aromatic carbocycles. The zero-order chi connectivity index (χ0) is 15.4. The molecular weight excluding hydrogens is 292 g/mol. The van der Waals surface area contributed by atoms with Gasteiger partial charge in [0.15, 0.2) is 12.3 Å². The number of hydrogen-bond donors (Lipinski definition) is 0. The van der Waals surface area contributed by atoms with Gasteiger partial charge in [0.1, 0.15) is 5.75 Å². The maximum atomic E-state index is 11.7. The van der Waals surface area contributed by atoms with Crippen LogP contribution < -0.4 is 9.64 Å². The molecule has 0 saturated heterocycles. The maximum Gasteiger partial charge on any atom is 0.369 e. The van der Waals surface area contributed by atoms with Gasteiger partial charge in [-0.05, 0) is 12.1 Å². The SMILES string of the molecule is CN1C(=O)COc2cc(-n3nnc4c3C(=O)OC4=O)ccc21. The fraction of sp³-hybridized carbons (Fsp3) is 0.154. The van der Waals surface area contributed by atoms with Crippen LogP contribution >= 0.6 is 0 Å². The van der Waals surface area contributed by atoms with Gasteiger partial charge in [-0.25, -0.2) is 14.3 Å². The van der Waals surface area contributed by atoms with Gasteiger partial charge < -0.3 is 14.4 Å². The molecule has 0 radical (unpaired) electrons. The van der Waals surface area contributed by atoms with Crippen molar-refractivity contribution in [2.24, 2.45) is 0 Å². The average molecular weight is 300 g/mol. The Morgan fingerprint density at radius 2 is 2.00 bits per heavy atom. The van der Waals surface area contributed by atoms with E-state index in [2.05, 4.69) is 15.0 Å². The van der Waals surface area contributed by atoms with Crippen LogP contribution in [0.4, 0.5) is 5.69 Å². The Morgan fingerprint density at radius 3 is 2.82 bits per heavy atom. The van der Waals surface area contributed by atoms with E-state index in [9.17, 15) is 14.4 Å². The summed E-state index contributed by atoms with van der Waals surface area (Å²) in [7, 11) is 1.65. The number of carbonyl (C=O) groups is 3. The number of benzene rings is 1. The van der Waals surface area contributed by atoms with Gasteiger partial charge in [0, 0.05) is 13.1 Å². The molecular formula is C13H8N4O5.